The fourth-order valence-electron chi connectivity index (χ4n) is 3.50. The molecule has 0 N–H and O–H groups in total. The van der Waals surface area contributed by atoms with Crippen molar-refractivity contribution in [1.82, 2.24) is 10.0 Å². The van der Waals surface area contributed by atoms with Crippen LogP contribution in [-0.2, 0) is 6.54 Å². The van der Waals surface area contributed by atoms with Gasteiger partial charge in [0.2, 0.25) is 0 Å². The third-order valence-corrected chi connectivity index (χ3v) is 5.37. The van der Waals surface area contributed by atoms with Crippen LogP contribution in [0.4, 0.5) is 11.4 Å². The van der Waals surface area contributed by atoms with Crippen molar-refractivity contribution in [3.8, 4) is 0 Å². The largest absolute Gasteiger partial charge is 0.287 e. The Morgan fingerprint density at radius 1 is 0.882 bits per heavy atom. The summed E-state index contributed by atoms with van der Waals surface area (Å²) < 4.78 is 0. The van der Waals surface area contributed by atoms with Gasteiger partial charge in [-0.2, -0.15) is 5.01 Å². The first-order chi connectivity index (χ1) is 16.2. The molecule has 0 atom stereocenters. The Morgan fingerprint density at radius 3 is 2.12 bits per heavy atom. The molecule has 12 heteroatoms. The molecular formula is C22H13ClN4O7. The molecule has 0 fully saturated rings. The molecule has 1 aliphatic rings. The summed E-state index contributed by atoms with van der Waals surface area (Å²) in [5.74, 6) is -2.76. The molecule has 34 heavy (non-hydrogen) atoms. The van der Waals surface area contributed by atoms with Gasteiger partial charge in [0.05, 0.1) is 22.0 Å². The smallest absolute Gasteiger partial charge is 0.267 e. The number of non-ortho nitro benzene ring substituents is 1. The average molecular weight is 481 g/mol. The molecule has 0 aromatic heterocycles. The van der Waals surface area contributed by atoms with Gasteiger partial charge in [0.15, 0.2) is 0 Å². The van der Waals surface area contributed by atoms with E-state index in [1.807, 2.05) is 0 Å². The monoisotopic (exact) mass is 480 g/mol. The number of nitro groups is 2. The maximum atomic E-state index is 13.4. The van der Waals surface area contributed by atoms with E-state index in [9.17, 15) is 34.6 Å². The fraction of sp³-hybridized carbons (Fsp3) is 0.0455. The van der Waals surface area contributed by atoms with Gasteiger partial charge in [0.1, 0.15) is 5.56 Å². The summed E-state index contributed by atoms with van der Waals surface area (Å²) in [4.78, 5) is 60.7. The zero-order valence-corrected chi connectivity index (χ0v) is 17.8. The maximum Gasteiger partial charge on any atom is 0.287 e. The highest BCUT2D eigenvalue weighted by atomic mass is 35.5. The highest BCUT2D eigenvalue weighted by molar-refractivity contribution is 6.30. The molecule has 1 heterocycles. The highest BCUT2D eigenvalue weighted by Crippen LogP contribution is 2.33. The first kappa shape index (κ1) is 22.6. The van der Waals surface area contributed by atoms with E-state index >= 15 is 0 Å². The summed E-state index contributed by atoms with van der Waals surface area (Å²) in [7, 11) is 0. The zero-order chi connectivity index (χ0) is 24.6. The molecule has 0 saturated carbocycles. The van der Waals surface area contributed by atoms with E-state index in [1.165, 1.54) is 24.3 Å². The zero-order valence-electron chi connectivity index (χ0n) is 17.1. The second-order valence-electron chi connectivity index (χ2n) is 7.17. The third-order valence-electron chi connectivity index (χ3n) is 5.11. The summed E-state index contributed by atoms with van der Waals surface area (Å²) in [6, 6.07) is 14.5. The second-order valence-corrected chi connectivity index (χ2v) is 7.61. The third kappa shape index (κ3) is 3.95. The normalized spacial score (nSPS) is 12.4. The van der Waals surface area contributed by atoms with Crippen molar-refractivity contribution in [2.75, 3.05) is 0 Å². The van der Waals surface area contributed by atoms with Crippen molar-refractivity contribution in [3.05, 3.63) is 114 Å². The molecule has 3 aromatic carbocycles. The quantitative estimate of drug-likeness (QED) is 0.294. The number of carbonyl (C=O) groups excluding carboxylic acids is 3. The number of carbonyl (C=O) groups is 3. The van der Waals surface area contributed by atoms with Crippen LogP contribution in [-0.4, -0.2) is 37.6 Å². The molecule has 0 unspecified atom stereocenters. The Labute approximate surface area is 196 Å². The SMILES string of the molecule is O=C(c1ccc([N+](=O)[O-])cc1)N(Cc1ccc(Cl)cc1)N1C(=O)c2cccc([N+](=O)[O-])c2C1=O. The molecule has 0 bridgehead atoms. The number of hydrazine groups is 1. The molecule has 4 rings (SSSR count). The highest BCUT2D eigenvalue weighted by Gasteiger charge is 2.45. The lowest BCUT2D eigenvalue weighted by Gasteiger charge is -2.30. The van der Waals surface area contributed by atoms with Gasteiger partial charge in [0.25, 0.3) is 29.1 Å². The van der Waals surface area contributed by atoms with Crippen LogP contribution < -0.4 is 0 Å². The summed E-state index contributed by atoms with van der Waals surface area (Å²) >= 11 is 5.91. The maximum absolute atomic E-state index is 13.4. The Kier molecular flexibility index (Phi) is 5.78. The van der Waals surface area contributed by atoms with Crippen LogP contribution in [0.1, 0.15) is 36.6 Å². The minimum Gasteiger partial charge on any atom is -0.267 e. The molecular weight excluding hydrogens is 468 g/mol. The molecule has 0 radical (unpaired) electrons. The number of hydrogen-bond acceptors (Lipinski definition) is 7. The lowest BCUT2D eigenvalue weighted by Crippen LogP contribution is -2.49. The minimum atomic E-state index is -1.03. The van der Waals surface area contributed by atoms with Crippen LogP contribution in [0.5, 0.6) is 0 Å². The number of benzene rings is 3. The van der Waals surface area contributed by atoms with Crippen molar-refractivity contribution < 1.29 is 24.2 Å². The molecule has 0 spiro atoms. The van der Waals surface area contributed by atoms with Gasteiger partial charge in [-0.05, 0) is 35.9 Å². The number of fused-ring (bicyclic) bond motifs is 1. The predicted molar refractivity (Wildman–Crippen MR) is 118 cm³/mol. The molecule has 0 saturated heterocycles. The first-order valence-electron chi connectivity index (χ1n) is 9.66. The summed E-state index contributed by atoms with van der Waals surface area (Å²) in [6.45, 7) is -0.258. The van der Waals surface area contributed by atoms with E-state index < -0.39 is 38.8 Å². The topological polar surface area (TPSA) is 144 Å². The van der Waals surface area contributed by atoms with E-state index in [0.29, 0.717) is 15.6 Å². The van der Waals surface area contributed by atoms with E-state index in [2.05, 4.69) is 0 Å². The molecule has 0 aliphatic carbocycles. The van der Waals surface area contributed by atoms with E-state index in [4.69, 9.17) is 11.6 Å². The number of nitrogens with zero attached hydrogens (tertiary/aromatic N) is 4. The van der Waals surface area contributed by atoms with Crippen molar-refractivity contribution in [2.45, 2.75) is 6.54 Å². The number of imide groups is 1. The van der Waals surface area contributed by atoms with Crippen LogP contribution in [0.3, 0.4) is 0 Å². The Bertz CT molecular complexity index is 1360. The van der Waals surface area contributed by atoms with Crippen molar-refractivity contribution in [2.24, 2.45) is 0 Å². The van der Waals surface area contributed by atoms with Gasteiger partial charge >= 0.3 is 0 Å². The van der Waals surface area contributed by atoms with Gasteiger partial charge in [-0.15, -0.1) is 0 Å². The average Bonchev–Trinajstić information content (AvgIpc) is 3.08. The molecule has 1 aliphatic heterocycles. The predicted octanol–water partition coefficient (Wildman–Crippen LogP) is 4.01. The summed E-state index contributed by atoms with van der Waals surface area (Å²) in [5.41, 5.74) is -0.979. The van der Waals surface area contributed by atoms with Crippen molar-refractivity contribution >= 4 is 40.7 Å². The van der Waals surface area contributed by atoms with Gasteiger partial charge in [0, 0.05) is 28.8 Å². The summed E-state index contributed by atoms with van der Waals surface area (Å²) in [5, 5.41) is 24.2. The lowest BCUT2D eigenvalue weighted by molar-refractivity contribution is -0.385. The molecule has 3 aromatic rings. The van der Waals surface area contributed by atoms with Crippen LogP contribution in [0.2, 0.25) is 5.02 Å². The van der Waals surface area contributed by atoms with Crippen LogP contribution in [0.25, 0.3) is 0 Å². The lowest BCUT2D eigenvalue weighted by atomic mass is 10.1. The van der Waals surface area contributed by atoms with Crippen LogP contribution in [0.15, 0.2) is 66.7 Å². The molecule has 3 amide bonds. The number of hydrogen-bond donors (Lipinski definition) is 0. The summed E-state index contributed by atoms with van der Waals surface area (Å²) in [6.07, 6.45) is 0. The van der Waals surface area contributed by atoms with E-state index in [-0.39, 0.29) is 23.4 Å². The van der Waals surface area contributed by atoms with E-state index in [1.54, 1.807) is 24.3 Å². The van der Waals surface area contributed by atoms with Crippen molar-refractivity contribution in [3.63, 3.8) is 0 Å². The molecule has 11 nitrogen and oxygen atoms in total. The minimum absolute atomic E-state index is 0.0365. The fourth-order valence-corrected chi connectivity index (χ4v) is 3.62. The number of amides is 3. The Hall–Kier alpha value is -4.64. The standard InChI is InChI=1S/C22H13ClN4O7/c23-15-8-4-13(5-9-15)12-24(20(28)14-6-10-16(11-7-14)26(31)32)25-21(29)17-2-1-3-18(27(33)34)19(17)22(25)30/h1-11H,12H2. The Balaban J connectivity index is 1.78. The molecule has 170 valence electrons. The van der Waals surface area contributed by atoms with E-state index in [0.717, 1.165) is 23.2 Å². The van der Waals surface area contributed by atoms with Crippen LogP contribution in [0, 0.1) is 20.2 Å². The van der Waals surface area contributed by atoms with Gasteiger partial charge in [-0.1, -0.05) is 29.8 Å². The van der Waals surface area contributed by atoms with Gasteiger partial charge < -0.3 is 0 Å². The van der Waals surface area contributed by atoms with Crippen LogP contribution >= 0.6 is 11.6 Å². The number of nitro benzene ring substituents is 2. The number of halogens is 1. The van der Waals surface area contributed by atoms with Gasteiger partial charge in [-0.3, -0.25) is 34.6 Å². The number of rotatable bonds is 6. The van der Waals surface area contributed by atoms with Crippen molar-refractivity contribution in [1.29, 1.82) is 0 Å². The Morgan fingerprint density at radius 2 is 1.53 bits per heavy atom. The van der Waals surface area contributed by atoms with Gasteiger partial charge in [-0.25, -0.2) is 5.01 Å². The first-order valence-corrected chi connectivity index (χ1v) is 10.0. The second kappa shape index (κ2) is 8.71.